The zero-order valence-corrected chi connectivity index (χ0v) is 10.1. The molecule has 96 valence electrons. The smallest absolute Gasteiger partial charge is 0.346 e. The van der Waals surface area contributed by atoms with Crippen molar-refractivity contribution in [3.63, 3.8) is 0 Å². The molecule has 0 aliphatic carbocycles. The van der Waals surface area contributed by atoms with Crippen LogP contribution in [0.3, 0.4) is 0 Å². The van der Waals surface area contributed by atoms with E-state index in [0.29, 0.717) is 26.1 Å². The molecule has 5 nitrogen and oxygen atoms in total. The van der Waals surface area contributed by atoms with E-state index in [4.69, 9.17) is 4.74 Å². The molecule has 1 N–H and O–H groups in total. The van der Waals surface area contributed by atoms with Gasteiger partial charge in [-0.05, 0) is 18.8 Å². The fourth-order valence-corrected chi connectivity index (χ4v) is 2.88. The number of carbonyl (C=O) groups is 2. The second-order valence-corrected chi connectivity index (χ2v) is 5.14. The van der Waals surface area contributed by atoms with E-state index < -0.39 is 23.5 Å². The Bertz CT molecular complexity index is 332. The molecular weight excluding hydrogens is 224 g/mol. The number of esters is 2. The number of cyclic esters (lactones) is 2. The first-order valence-electron chi connectivity index (χ1n) is 6.04. The first kappa shape index (κ1) is 12.5. The first-order chi connectivity index (χ1) is 7.98. The van der Waals surface area contributed by atoms with Crippen molar-refractivity contribution in [2.45, 2.75) is 32.3 Å². The van der Waals surface area contributed by atoms with Gasteiger partial charge in [-0.3, -0.25) is 4.79 Å². The maximum atomic E-state index is 11.8. The van der Waals surface area contributed by atoms with Crippen LogP contribution in [0, 0.1) is 17.8 Å². The number of carbonyl (C=O) groups excluding carboxylic acids is 2. The van der Waals surface area contributed by atoms with Gasteiger partial charge in [-0.25, -0.2) is 4.79 Å². The van der Waals surface area contributed by atoms with Crippen LogP contribution in [0.15, 0.2) is 0 Å². The van der Waals surface area contributed by atoms with Crippen LogP contribution in [0.5, 0.6) is 0 Å². The normalized spacial score (nSPS) is 35.4. The van der Waals surface area contributed by atoms with Crippen molar-refractivity contribution >= 4 is 11.9 Å². The maximum Gasteiger partial charge on any atom is 0.346 e. The zero-order chi connectivity index (χ0) is 12.6. The molecule has 0 aromatic rings. The third-order valence-corrected chi connectivity index (χ3v) is 3.76. The minimum absolute atomic E-state index is 0.123. The zero-order valence-electron chi connectivity index (χ0n) is 10.1. The minimum atomic E-state index is -1.66. The van der Waals surface area contributed by atoms with Gasteiger partial charge in [0.15, 0.2) is 5.60 Å². The molecule has 2 heterocycles. The van der Waals surface area contributed by atoms with Crippen LogP contribution >= 0.6 is 0 Å². The van der Waals surface area contributed by atoms with Crippen LogP contribution < -0.4 is 0 Å². The van der Waals surface area contributed by atoms with Crippen LogP contribution in [0.2, 0.25) is 0 Å². The maximum absolute atomic E-state index is 11.8. The van der Waals surface area contributed by atoms with E-state index in [-0.39, 0.29) is 11.8 Å². The quantitative estimate of drug-likeness (QED) is 0.564. The van der Waals surface area contributed by atoms with Gasteiger partial charge in [0.05, 0.1) is 5.92 Å². The van der Waals surface area contributed by atoms with Crippen molar-refractivity contribution in [3.8, 4) is 0 Å². The monoisotopic (exact) mass is 242 g/mol. The lowest BCUT2D eigenvalue weighted by Crippen LogP contribution is -2.51. The molecule has 2 unspecified atom stereocenters. The van der Waals surface area contributed by atoms with Crippen LogP contribution in [0.1, 0.15) is 26.7 Å². The highest BCUT2D eigenvalue weighted by atomic mass is 16.6. The van der Waals surface area contributed by atoms with E-state index in [9.17, 15) is 14.7 Å². The average Bonchev–Trinajstić information content (AvgIpc) is 2.51. The Morgan fingerprint density at radius 2 is 1.88 bits per heavy atom. The predicted molar refractivity (Wildman–Crippen MR) is 57.9 cm³/mol. The molecule has 0 radical (unpaired) electrons. The Kier molecular flexibility index (Phi) is 3.23. The third-order valence-electron chi connectivity index (χ3n) is 3.76. The molecule has 2 aliphatic rings. The largest absolute Gasteiger partial charge is 0.391 e. The molecule has 0 bridgehead atoms. The van der Waals surface area contributed by atoms with Gasteiger partial charge in [0.2, 0.25) is 0 Å². The Balaban J connectivity index is 2.30. The van der Waals surface area contributed by atoms with Crippen LogP contribution in [0.25, 0.3) is 0 Å². The van der Waals surface area contributed by atoms with Crippen molar-refractivity contribution in [3.05, 3.63) is 0 Å². The molecule has 0 aromatic carbocycles. The summed E-state index contributed by atoms with van der Waals surface area (Å²) in [5.41, 5.74) is -1.66. The Labute approximate surface area is 100 Å². The van der Waals surface area contributed by atoms with Gasteiger partial charge in [-0.2, -0.15) is 0 Å². The highest BCUT2D eigenvalue weighted by Crippen LogP contribution is 2.42. The summed E-state index contributed by atoms with van der Waals surface area (Å²) in [6.45, 7) is 4.65. The molecular formula is C12H18O5. The molecule has 0 saturated carbocycles. The SMILES string of the molecule is CC(C)C1C(=O)OC(=O)C1(O)C1CCOCC1. The van der Waals surface area contributed by atoms with Gasteiger partial charge in [-0.15, -0.1) is 0 Å². The van der Waals surface area contributed by atoms with Gasteiger partial charge >= 0.3 is 11.9 Å². The van der Waals surface area contributed by atoms with Crippen LogP contribution in [0.4, 0.5) is 0 Å². The second kappa shape index (κ2) is 4.38. The first-order valence-corrected chi connectivity index (χ1v) is 6.04. The van der Waals surface area contributed by atoms with E-state index in [1.807, 2.05) is 13.8 Å². The van der Waals surface area contributed by atoms with E-state index in [1.165, 1.54) is 0 Å². The Hall–Kier alpha value is -0.940. The van der Waals surface area contributed by atoms with Gasteiger partial charge < -0.3 is 14.6 Å². The van der Waals surface area contributed by atoms with Gasteiger partial charge in [0.25, 0.3) is 0 Å². The molecule has 0 amide bonds. The summed E-state index contributed by atoms with van der Waals surface area (Å²) in [7, 11) is 0. The summed E-state index contributed by atoms with van der Waals surface area (Å²) in [4.78, 5) is 23.4. The topological polar surface area (TPSA) is 72.8 Å². The number of hydrogen-bond donors (Lipinski definition) is 1. The Morgan fingerprint density at radius 3 is 2.41 bits per heavy atom. The number of rotatable bonds is 2. The lowest BCUT2D eigenvalue weighted by Gasteiger charge is -2.36. The lowest BCUT2D eigenvalue weighted by atomic mass is 9.71. The molecule has 2 aliphatic heterocycles. The van der Waals surface area contributed by atoms with Crippen molar-refractivity contribution in [1.82, 2.24) is 0 Å². The fraction of sp³-hybridized carbons (Fsp3) is 0.833. The van der Waals surface area contributed by atoms with Crippen molar-refractivity contribution in [2.24, 2.45) is 17.8 Å². The highest BCUT2D eigenvalue weighted by molar-refractivity contribution is 6.01. The average molecular weight is 242 g/mol. The minimum Gasteiger partial charge on any atom is -0.391 e. The lowest BCUT2D eigenvalue weighted by molar-refractivity contribution is -0.165. The molecule has 0 spiro atoms. The molecule has 5 heteroatoms. The molecule has 0 aromatic heterocycles. The molecule has 17 heavy (non-hydrogen) atoms. The summed E-state index contributed by atoms with van der Waals surface area (Å²) in [5, 5.41) is 10.6. The van der Waals surface area contributed by atoms with Gasteiger partial charge in [0.1, 0.15) is 0 Å². The molecule has 2 rings (SSSR count). The number of aliphatic hydroxyl groups is 1. The van der Waals surface area contributed by atoms with Crippen LogP contribution in [-0.4, -0.2) is 35.9 Å². The number of hydrogen-bond acceptors (Lipinski definition) is 5. The van der Waals surface area contributed by atoms with E-state index >= 15 is 0 Å². The molecule has 2 saturated heterocycles. The van der Waals surface area contributed by atoms with Crippen molar-refractivity contribution in [1.29, 1.82) is 0 Å². The summed E-state index contributed by atoms with van der Waals surface area (Å²) in [6, 6.07) is 0. The Morgan fingerprint density at radius 1 is 1.29 bits per heavy atom. The van der Waals surface area contributed by atoms with Crippen LogP contribution in [-0.2, 0) is 19.1 Å². The van der Waals surface area contributed by atoms with E-state index in [1.54, 1.807) is 0 Å². The standard InChI is InChI=1S/C12H18O5/c1-7(2)9-10(13)17-11(14)12(9,15)8-3-5-16-6-4-8/h7-9,15H,3-6H2,1-2H3. The van der Waals surface area contributed by atoms with Gasteiger partial charge in [0, 0.05) is 19.1 Å². The van der Waals surface area contributed by atoms with Crippen molar-refractivity contribution in [2.75, 3.05) is 13.2 Å². The summed E-state index contributed by atoms with van der Waals surface area (Å²) < 4.78 is 9.85. The summed E-state index contributed by atoms with van der Waals surface area (Å²) >= 11 is 0. The molecule has 2 fully saturated rings. The summed E-state index contributed by atoms with van der Waals surface area (Å²) in [6.07, 6.45) is 1.17. The van der Waals surface area contributed by atoms with Crippen molar-refractivity contribution < 1.29 is 24.2 Å². The third kappa shape index (κ3) is 1.87. The fourth-order valence-electron chi connectivity index (χ4n) is 2.88. The summed E-state index contributed by atoms with van der Waals surface area (Å²) in [5.74, 6) is -2.51. The predicted octanol–water partition coefficient (Wildman–Crippen LogP) is 0.500. The molecule has 2 atom stereocenters. The van der Waals surface area contributed by atoms with Gasteiger partial charge in [-0.1, -0.05) is 13.8 Å². The highest BCUT2D eigenvalue weighted by Gasteiger charge is 2.61. The van der Waals surface area contributed by atoms with E-state index in [2.05, 4.69) is 4.74 Å². The van der Waals surface area contributed by atoms with E-state index in [0.717, 1.165) is 0 Å². The second-order valence-electron chi connectivity index (χ2n) is 5.14. The number of ether oxygens (including phenoxy) is 2.